The molecule has 0 bridgehead atoms. The summed E-state index contributed by atoms with van der Waals surface area (Å²) < 4.78 is 0. The highest BCUT2D eigenvalue weighted by Gasteiger charge is 2.60. The minimum atomic E-state index is 0. The Hall–Kier alpha value is 0.960. The maximum Gasteiger partial charge on any atom is 0.0459 e. The van der Waals surface area contributed by atoms with E-state index in [9.17, 15) is 5.11 Å². The Morgan fingerprint density at radius 3 is 2.00 bits per heavy atom. The Kier molecular flexibility index (Phi) is 20.6. The minimum absolute atomic E-state index is 0. The lowest BCUT2D eigenvalue weighted by molar-refractivity contribution is -0.118. The van der Waals surface area contributed by atoms with E-state index in [1.807, 2.05) is 0 Å². The number of aliphatic hydroxyl groups excluding tert-OH is 1. The summed E-state index contributed by atoms with van der Waals surface area (Å²) in [5, 5.41) is 21.0. The van der Waals surface area contributed by atoms with Gasteiger partial charge in [-0.05, 0) is 169 Å². The fourth-order valence-corrected chi connectivity index (χ4v) is 10.0. The van der Waals surface area contributed by atoms with Crippen LogP contribution in [0.15, 0.2) is 0 Å². The predicted molar refractivity (Wildman–Crippen MR) is 186 cm³/mol. The second-order valence-electron chi connectivity index (χ2n) is 14.2. The number of fused-ring (bicyclic) bond motifs is 5. The van der Waals surface area contributed by atoms with Gasteiger partial charge < -0.3 is 26.8 Å². The van der Waals surface area contributed by atoms with Crippen molar-refractivity contribution in [1.82, 2.24) is 16.0 Å². The first-order valence-electron chi connectivity index (χ1n) is 16.4. The molecule has 4 rings (SSSR count). The average molecular weight is 665 g/mol. The zero-order chi connectivity index (χ0) is 26.3. The Morgan fingerprint density at radius 2 is 1.34 bits per heavy atom. The van der Waals surface area contributed by atoms with Gasteiger partial charge in [0.05, 0.1) is 0 Å². The third kappa shape index (κ3) is 9.97. The molecular weight excluding hydrogens is 598 g/mol. The number of halogens is 4. The Labute approximate surface area is 277 Å². The third-order valence-electron chi connectivity index (χ3n) is 12.2. The normalized spacial score (nSPS) is 36.2. The number of nitrogens with one attached hydrogen (secondary N) is 3. The molecule has 4 aliphatic carbocycles. The summed E-state index contributed by atoms with van der Waals surface area (Å²) in [5.74, 6) is 4.96. The molecule has 5 nitrogen and oxygen atoms in total. The lowest BCUT2D eigenvalue weighted by Gasteiger charge is -2.61. The van der Waals surface area contributed by atoms with Crippen LogP contribution in [-0.4, -0.2) is 57.0 Å². The molecule has 0 spiro atoms. The molecule has 0 aromatic carbocycles. The molecule has 0 aromatic heterocycles. The topological polar surface area (TPSA) is 82.3 Å². The number of aliphatic hydroxyl groups is 1. The summed E-state index contributed by atoms with van der Waals surface area (Å²) in [7, 11) is 0. The van der Waals surface area contributed by atoms with Crippen molar-refractivity contribution in [1.29, 1.82) is 0 Å². The van der Waals surface area contributed by atoms with Crippen molar-refractivity contribution < 1.29 is 5.11 Å². The molecule has 0 saturated heterocycles. The Morgan fingerprint density at radius 1 is 0.732 bits per heavy atom. The Bertz CT molecular complexity index is 694. The Balaban J connectivity index is 0.00000400. The molecule has 9 heteroatoms. The molecule has 9 atom stereocenters. The van der Waals surface area contributed by atoms with E-state index in [0.29, 0.717) is 23.4 Å². The smallest absolute Gasteiger partial charge is 0.0459 e. The predicted octanol–water partition coefficient (Wildman–Crippen LogP) is 6.62. The van der Waals surface area contributed by atoms with Crippen molar-refractivity contribution in [3.8, 4) is 0 Å². The van der Waals surface area contributed by atoms with Crippen molar-refractivity contribution in [3.63, 3.8) is 0 Å². The largest absolute Gasteiger partial charge is 0.396 e. The minimum Gasteiger partial charge on any atom is -0.396 e. The van der Waals surface area contributed by atoms with Gasteiger partial charge in [0, 0.05) is 12.6 Å². The summed E-state index contributed by atoms with van der Waals surface area (Å²) in [6, 6.07) is 0.740. The van der Waals surface area contributed by atoms with Gasteiger partial charge in [0.1, 0.15) is 0 Å². The number of hydrogen-bond donors (Lipinski definition) is 5. The molecule has 0 amide bonds. The first-order chi connectivity index (χ1) is 17.9. The van der Waals surface area contributed by atoms with Crippen molar-refractivity contribution in [2.75, 3.05) is 45.9 Å². The first kappa shape index (κ1) is 42.0. The van der Waals surface area contributed by atoms with E-state index in [1.165, 1.54) is 83.6 Å². The first-order valence-corrected chi connectivity index (χ1v) is 16.4. The monoisotopic (exact) mass is 662 g/mol. The van der Waals surface area contributed by atoms with Gasteiger partial charge in [-0.3, -0.25) is 0 Å². The zero-order valence-corrected chi connectivity index (χ0v) is 29.6. The van der Waals surface area contributed by atoms with Gasteiger partial charge in [0.15, 0.2) is 0 Å². The molecule has 0 heterocycles. The lowest BCUT2D eigenvalue weighted by atomic mass is 9.44. The van der Waals surface area contributed by atoms with Crippen LogP contribution in [0.1, 0.15) is 104 Å². The van der Waals surface area contributed by atoms with Gasteiger partial charge in [0.2, 0.25) is 0 Å². The molecule has 248 valence electrons. The van der Waals surface area contributed by atoms with E-state index in [2.05, 4.69) is 36.7 Å². The standard InChI is InChI=1S/C32H62N4O.4ClH/c1-24(23-37)28-10-11-29-27-9-8-25-22-26(12-14-31(25,2)30(27)13-15-32(28,29)3)36-21-7-20-35-18-5-4-17-34-19-6-16-33;;;;/h24-30,34-37H,4-23,33H2,1-3H3;4*1H/t24-,25-,26+,27+,28-,29+,30+,31+,32-;;;;/m1..../s1. The highest BCUT2D eigenvalue weighted by molar-refractivity contribution is 5.86. The number of unbranched alkanes of at least 4 members (excludes halogenated alkanes) is 1. The van der Waals surface area contributed by atoms with E-state index in [4.69, 9.17) is 5.73 Å². The van der Waals surface area contributed by atoms with Gasteiger partial charge in [-0.1, -0.05) is 20.8 Å². The van der Waals surface area contributed by atoms with Gasteiger partial charge in [-0.15, -0.1) is 49.6 Å². The molecule has 0 unspecified atom stereocenters. The third-order valence-corrected chi connectivity index (χ3v) is 12.2. The van der Waals surface area contributed by atoms with E-state index < -0.39 is 0 Å². The molecule has 0 aliphatic heterocycles. The van der Waals surface area contributed by atoms with Crippen LogP contribution in [0.4, 0.5) is 0 Å². The maximum atomic E-state index is 9.90. The van der Waals surface area contributed by atoms with E-state index >= 15 is 0 Å². The molecule has 4 saturated carbocycles. The quantitative estimate of drug-likeness (QED) is 0.127. The molecular formula is C32H66Cl4N4O. The van der Waals surface area contributed by atoms with Crippen molar-refractivity contribution >= 4 is 49.6 Å². The van der Waals surface area contributed by atoms with Crippen LogP contribution in [0.3, 0.4) is 0 Å². The SMILES string of the molecule is C[C@H](CO)[C@H]1CC[C@H]2[C@@H]3CC[C@@H]4C[C@@H](NCCCNCCCCNCCCN)CC[C@]4(C)[C@H]3CC[C@]12C.Cl.Cl.Cl.Cl. The van der Waals surface area contributed by atoms with Crippen molar-refractivity contribution in [2.24, 2.45) is 52.1 Å². The molecule has 0 radical (unpaired) electrons. The van der Waals surface area contributed by atoms with Gasteiger partial charge >= 0.3 is 0 Å². The molecule has 0 aromatic rings. The summed E-state index contributed by atoms with van der Waals surface area (Å²) >= 11 is 0. The number of nitrogens with two attached hydrogens (primary N) is 1. The summed E-state index contributed by atoms with van der Waals surface area (Å²) in [4.78, 5) is 0. The number of hydrogen-bond acceptors (Lipinski definition) is 5. The van der Waals surface area contributed by atoms with Crippen LogP contribution in [0, 0.1) is 46.3 Å². The summed E-state index contributed by atoms with van der Waals surface area (Å²) in [6.07, 6.45) is 17.7. The van der Waals surface area contributed by atoms with E-state index in [-0.39, 0.29) is 49.6 Å². The van der Waals surface area contributed by atoms with Crippen molar-refractivity contribution in [3.05, 3.63) is 0 Å². The number of rotatable bonds is 15. The van der Waals surface area contributed by atoms with Crippen LogP contribution >= 0.6 is 49.6 Å². The summed E-state index contributed by atoms with van der Waals surface area (Å²) in [5.41, 5.74) is 6.59. The van der Waals surface area contributed by atoms with Crippen LogP contribution in [0.5, 0.6) is 0 Å². The molecule has 6 N–H and O–H groups in total. The second kappa shape index (κ2) is 20.2. The van der Waals surface area contributed by atoms with E-state index in [0.717, 1.165) is 74.8 Å². The highest BCUT2D eigenvalue weighted by atomic mass is 35.5. The van der Waals surface area contributed by atoms with Crippen LogP contribution in [0.25, 0.3) is 0 Å². The lowest BCUT2D eigenvalue weighted by Crippen LogP contribution is -2.55. The van der Waals surface area contributed by atoms with Gasteiger partial charge in [0.25, 0.3) is 0 Å². The van der Waals surface area contributed by atoms with E-state index in [1.54, 1.807) is 0 Å². The highest BCUT2D eigenvalue weighted by Crippen LogP contribution is 2.68. The van der Waals surface area contributed by atoms with Gasteiger partial charge in [-0.25, -0.2) is 0 Å². The zero-order valence-electron chi connectivity index (χ0n) is 26.3. The molecule has 4 fully saturated rings. The second-order valence-corrected chi connectivity index (χ2v) is 14.2. The summed E-state index contributed by atoms with van der Waals surface area (Å²) in [6.45, 7) is 14.4. The van der Waals surface area contributed by atoms with Crippen LogP contribution in [-0.2, 0) is 0 Å². The van der Waals surface area contributed by atoms with Crippen LogP contribution < -0.4 is 21.7 Å². The maximum absolute atomic E-state index is 9.90. The van der Waals surface area contributed by atoms with Crippen LogP contribution in [0.2, 0.25) is 0 Å². The average Bonchev–Trinajstić information content (AvgIpc) is 3.26. The van der Waals surface area contributed by atoms with Gasteiger partial charge in [-0.2, -0.15) is 0 Å². The molecule has 4 aliphatic rings. The fourth-order valence-electron chi connectivity index (χ4n) is 10.0. The fraction of sp³-hybridized carbons (Fsp3) is 1.00. The molecule has 41 heavy (non-hydrogen) atoms. The van der Waals surface area contributed by atoms with Crippen molar-refractivity contribution in [2.45, 2.75) is 110 Å².